The van der Waals surface area contributed by atoms with Crippen molar-refractivity contribution in [3.8, 4) is 0 Å². The molecule has 3 rings (SSSR count). The second kappa shape index (κ2) is 11.1. The van der Waals surface area contributed by atoms with Crippen LogP contribution in [-0.2, 0) is 16.6 Å². The molecule has 1 aromatic heterocycles. The van der Waals surface area contributed by atoms with Gasteiger partial charge in [-0.2, -0.15) is 9.30 Å². The monoisotopic (exact) mass is 563 g/mol. The Morgan fingerprint density at radius 2 is 1.74 bits per heavy atom. The zero-order valence-corrected chi connectivity index (χ0v) is 23.1. The lowest BCUT2D eigenvalue weighted by Gasteiger charge is -2.25. The van der Waals surface area contributed by atoms with E-state index in [4.69, 9.17) is 0 Å². The number of halogens is 1. The largest absolute Gasteiger partial charge is 0.312 e. The van der Waals surface area contributed by atoms with Crippen LogP contribution in [0.1, 0.15) is 38.1 Å². The molecule has 0 fully saturated rings. The summed E-state index contributed by atoms with van der Waals surface area (Å²) in [6.07, 6.45) is 1.76. The molecule has 0 unspecified atom stereocenters. The first kappa shape index (κ1) is 26.5. The summed E-state index contributed by atoms with van der Waals surface area (Å²) in [7, 11) is -3.65. The van der Waals surface area contributed by atoms with E-state index in [0.29, 0.717) is 30.0 Å². The molecule has 0 aliphatic carbocycles. The predicted octanol–water partition coefficient (Wildman–Crippen LogP) is 5.70. The van der Waals surface area contributed by atoms with Crippen LogP contribution < -0.4 is 4.80 Å². The average molecular weight is 565 g/mol. The minimum Gasteiger partial charge on any atom is -0.312 e. The first-order valence-electron chi connectivity index (χ1n) is 11.1. The maximum atomic E-state index is 13.2. The molecule has 6 nitrogen and oxygen atoms in total. The van der Waals surface area contributed by atoms with Crippen molar-refractivity contribution in [2.45, 2.75) is 39.1 Å². The third kappa shape index (κ3) is 6.13. The lowest BCUT2D eigenvalue weighted by Crippen LogP contribution is -2.37. The molecule has 0 N–H and O–H groups in total. The molecule has 0 atom stereocenters. The van der Waals surface area contributed by atoms with Gasteiger partial charge in [0, 0.05) is 29.7 Å². The molecule has 0 bridgehead atoms. The summed E-state index contributed by atoms with van der Waals surface area (Å²) in [5, 5.41) is 0. The van der Waals surface area contributed by atoms with Crippen LogP contribution in [-0.4, -0.2) is 36.3 Å². The second-order valence-electron chi connectivity index (χ2n) is 8.95. The Hall–Kier alpha value is -2.07. The van der Waals surface area contributed by atoms with Gasteiger partial charge >= 0.3 is 0 Å². The summed E-state index contributed by atoms with van der Waals surface area (Å²) in [6, 6.07) is 12.0. The zero-order valence-electron chi connectivity index (χ0n) is 19.9. The molecule has 9 heteroatoms. The SMILES string of the molecule is C=CCn1c(=NC(=O)c2ccc(S(=O)(=O)N(CC(C)C)CC(C)C)cc2)sc2cc(Br)ccc21. The Morgan fingerprint density at radius 1 is 1.12 bits per heavy atom. The lowest BCUT2D eigenvalue weighted by molar-refractivity contribution is 0.0997. The van der Waals surface area contributed by atoms with Crippen LogP contribution in [0.15, 0.2) is 69.5 Å². The normalized spacial score (nSPS) is 12.9. The Bertz CT molecular complexity index is 1340. The summed E-state index contributed by atoms with van der Waals surface area (Å²) in [4.78, 5) is 18.0. The Labute approximate surface area is 213 Å². The molecule has 0 saturated heterocycles. The smallest absolute Gasteiger partial charge is 0.279 e. The number of amides is 1. The van der Waals surface area contributed by atoms with E-state index in [0.717, 1.165) is 14.7 Å². The van der Waals surface area contributed by atoms with Gasteiger partial charge < -0.3 is 4.57 Å². The fourth-order valence-corrected chi connectivity index (χ4v) is 6.95. The molecule has 1 amide bonds. The number of carbonyl (C=O) groups is 1. The van der Waals surface area contributed by atoms with Gasteiger partial charge in [0.15, 0.2) is 4.80 Å². The molecule has 182 valence electrons. The number of aromatic nitrogens is 1. The van der Waals surface area contributed by atoms with Crippen LogP contribution in [0.4, 0.5) is 0 Å². The van der Waals surface area contributed by atoms with E-state index < -0.39 is 15.9 Å². The van der Waals surface area contributed by atoms with Crippen LogP contribution >= 0.6 is 27.3 Å². The summed E-state index contributed by atoms with van der Waals surface area (Å²) in [5.41, 5.74) is 1.30. The molecule has 0 saturated carbocycles. The van der Waals surface area contributed by atoms with Crippen LogP contribution in [0.2, 0.25) is 0 Å². The van der Waals surface area contributed by atoms with E-state index in [9.17, 15) is 13.2 Å². The van der Waals surface area contributed by atoms with Gasteiger partial charge in [0.25, 0.3) is 5.91 Å². The van der Waals surface area contributed by atoms with Crippen LogP contribution in [0.5, 0.6) is 0 Å². The van der Waals surface area contributed by atoms with E-state index in [1.54, 1.807) is 6.08 Å². The fraction of sp³-hybridized carbons (Fsp3) is 0.360. The number of benzene rings is 2. The summed E-state index contributed by atoms with van der Waals surface area (Å²) < 4.78 is 31.9. The van der Waals surface area contributed by atoms with Crippen LogP contribution in [0.25, 0.3) is 10.2 Å². The fourth-order valence-electron chi connectivity index (χ4n) is 3.59. The van der Waals surface area contributed by atoms with E-state index in [1.165, 1.54) is 39.9 Å². The zero-order chi connectivity index (χ0) is 25.0. The third-order valence-electron chi connectivity index (χ3n) is 5.03. The van der Waals surface area contributed by atoms with Gasteiger partial charge in [0.05, 0.1) is 15.1 Å². The van der Waals surface area contributed by atoms with Crippen LogP contribution in [0.3, 0.4) is 0 Å². The van der Waals surface area contributed by atoms with Crippen molar-refractivity contribution in [1.29, 1.82) is 0 Å². The van der Waals surface area contributed by atoms with Crippen molar-refractivity contribution in [3.63, 3.8) is 0 Å². The minimum absolute atomic E-state index is 0.179. The van der Waals surface area contributed by atoms with Crippen molar-refractivity contribution < 1.29 is 13.2 Å². The van der Waals surface area contributed by atoms with Gasteiger partial charge in [0.1, 0.15) is 0 Å². The number of allylic oxidation sites excluding steroid dienone is 1. The first-order chi connectivity index (χ1) is 16.0. The molecule has 0 aliphatic rings. The number of rotatable bonds is 9. The highest BCUT2D eigenvalue weighted by Gasteiger charge is 2.26. The third-order valence-corrected chi connectivity index (χ3v) is 8.41. The number of hydrogen-bond donors (Lipinski definition) is 0. The summed E-state index contributed by atoms with van der Waals surface area (Å²) in [6.45, 7) is 13.2. The Morgan fingerprint density at radius 3 is 2.29 bits per heavy atom. The van der Waals surface area contributed by atoms with Crippen molar-refractivity contribution in [1.82, 2.24) is 8.87 Å². The number of carbonyl (C=O) groups excluding carboxylic acids is 1. The van der Waals surface area contributed by atoms with Crippen molar-refractivity contribution in [2.24, 2.45) is 16.8 Å². The average Bonchev–Trinajstić information content (AvgIpc) is 3.09. The van der Waals surface area contributed by atoms with Crippen molar-refractivity contribution in [3.05, 3.63) is 70.0 Å². The predicted molar refractivity (Wildman–Crippen MR) is 142 cm³/mol. The van der Waals surface area contributed by atoms with E-state index in [2.05, 4.69) is 27.5 Å². The summed E-state index contributed by atoms with van der Waals surface area (Å²) in [5.74, 6) is -0.0108. The molecule has 3 aromatic rings. The molecular weight excluding hydrogens is 534 g/mol. The molecule has 0 aliphatic heterocycles. The molecular formula is C25H30BrN3O3S2. The van der Waals surface area contributed by atoms with Gasteiger partial charge in [0.2, 0.25) is 10.0 Å². The maximum absolute atomic E-state index is 13.2. The standard InChI is InChI=1S/C25H30BrN3O3S2/c1-6-13-29-22-12-9-20(26)14-23(22)33-25(29)27-24(30)19-7-10-21(11-8-19)34(31,32)28(15-17(2)3)16-18(4)5/h6-12,14,17-18H,1,13,15-16H2,2-5H3. The van der Waals surface area contributed by atoms with Crippen molar-refractivity contribution in [2.75, 3.05) is 13.1 Å². The number of thiazole rings is 1. The van der Waals surface area contributed by atoms with E-state index in [1.807, 2.05) is 50.5 Å². The topological polar surface area (TPSA) is 71.7 Å². The highest BCUT2D eigenvalue weighted by Crippen LogP contribution is 2.23. The molecule has 2 aromatic carbocycles. The number of nitrogens with zero attached hydrogens (tertiary/aromatic N) is 3. The lowest BCUT2D eigenvalue weighted by atomic mass is 10.2. The molecule has 0 radical (unpaired) electrons. The molecule has 1 heterocycles. The highest BCUT2D eigenvalue weighted by molar-refractivity contribution is 9.10. The number of hydrogen-bond acceptors (Lipinski definition) is 4. The highest BCUT2D eigenvalue weighted by atomic mass is 79.9. The van der Waals surface area contributed by atoms with Gasteiger partial charge in [-0.25, -0.2) is 8.42 Å². The van der Waals surface area contributed by atoms with Gasteiger partial charge in [-0.1, -0.05) is 61.0 Å². The Balaban J connectivity index is 1.94. The number of fused-ring (bicyclic) bond motifs is 1. The van der Waals surface area contributed by atoms with Gasteiger partial charge in [-0.3, -0.25) is 4.79 Å². The van der Waals surface area contributed by atoms with Crippen molar-refractivity contribution >= 4 is 53.4 Å². The van der Waals surface area contributed by atoms with E-state index in [-0.39, 0.29) is 16.7 Å². The minimum atomic E-state index is -3.65. The first-order valence-corrected chi connectivity index (χ1v) is 14.2. The van der Waals surface area contributed by atoms with Gasteiger partial charge in [-0.05, 0) is 54.3 Å². The molecule has 34 heavy (non-hydrogen) atoms. The second-order valence-corrected chi connectivity index (χ2v) is 12.8. The van der Waals surface area contributed by atoms with E-state index >= 15 is 0 Å². The Kier molecular flexibility index (Phi) is 8.67. The quantitative estimate of drug-likeness (QED) is 0.314. The van der Waals surface area contributed by atoms with Crippen LogP contribution in [0, 0.1) is 11.8 Å². The summed E-state index contributed by atoms with van der Waals surface area (Å²) >= 11 is 4.90. The number of sulfonamides is 1. The van der Waals surface area contributed by atoms with Gasteiger partial charge in [-0.15, -0.1) is 6.58 Å². The molecule has 0 spiro atoms. The maximum Gasteiger partial charge on any atom is 0.279 e.